The number of carboxylic acid groups (broad SMARTS) is 1. The lowest BCUT2D eigenvalue weighted by atomic mass is 10.2. The number of nitrogens with zero attached hydrogens (tertiary/aromatic N) is 1. The summed E-state index contributed by atoms with van der Waals surface area (Å²) in [4.78, 5) is 12.1. The van der Waals surface area contributed by atoms with Crippen molar-refractivity contribution in [2.75, 3.05) is 24.2 Å². The fourth-order valence-corrected chi connectivity index (χ4v) is 2.94. The monoisotopic (exact) mass is 371 g/mol. The summed E-state index contributed by atoms with van der Waals surface area (Å²) in [6.45, 7) is 8.45. The van der Waals surface area contributed by atoms with Crippen LogP contribution >= 0.6 is 39.9 Å². The van der Waals surface area contributed by atoms with E-state index >= 15 is 0 Å². The van der Waals surface area contributed by atoms with Crippen molar-refractivity contribution in [2.45, 2.75) is 46.5 Å². The molecule has 0 bridgehead atoms. The summed E-state index contributed by atoms with van der Waals surface area (Å²) in [6, 6.07) is 0. The summed E-state index contributed by atoms with van der Waals surface area (Å²) in [5.41, 5.74) is 0. The summed E-state index contributed by atoms with van der Waals surface area (Å²) >= 11 is 10.2. The highest BCUT2D eigenvalue weighted by Crippen LogP contribution is 2.07. The SMILES string of the molecule is CCSC(=S)N(CC)CC.O=C(O)CCCCCBr. The van der Waals surface area contributed by atoms with Crippen LogP contribution in [0.4, 0.5) is 0 Å². The molecule has 0 aromatic heterocycles. The van der Waals surface area contributed by atoms with Crippen molar-refractivity contribution >= 4 is 50.2 Å². The molecule has 0 aromatic carbocycles. The Balaban J connectivity index is 0. The average Bonchev–Trinajstić information content (AvgIpc) is 2.37. The number of carbonyl (C=O) groups is 1. The molecule has 0 amide bonds. The highest BCUT2D eigenvalue weighted by Gasteiger charge is 2.02. The first-order valence-corrected chi connectivity index (χ1v) is 9.24. The molecule has 6 heteroatoms. The summed E-state index contributed by atoms with van der Waals surface area (Å²) in [6.07, 6.45) is 3.21. The second-order valence-electron chi connectivity index (χ2n) is 3.76. The van der Waals surface area contributed by atoms with Crippen molar-refractivity contribution < 1.29 is 9.90 Å². The summed E-state index contributed by atoms with van der Waals surface area (Å²) in [7, 11) is 0. The van der Waals surface area contributed by atoms with Crippen LogP contribution in [-0.4, -0.2) is 44.5 Å². The smallest absolute Gasteiger partial charge is 0.303 e. The first-order chi connectivity index (χ1) is 9.03. The highest BCUT2D eigenvalue weighted by molar-refractivity contribution is 9.09. The zero-order valence-electron chi connectivity index (χ0n) is 12.2. The van der Waals surface area contributed by atoms with Gasteiger partial charge in [-0.3, -0.25) is 4.79 Å². The lowest BCUT2D eigenvalue weighted by molar-refractivity contribution is -0.137. The third-order valence-corrected chi connectivity index (χ3v) is 4.28. The zero-order chi connectivity index (χ0) is 15.1. The molecular weight excluding hydrogens is 346 g/mol. The highest BCUT2D eigenvalue weighted by atomic mass is 79.9. The minimum atomic E-state index is -0.690. The Hall–Kier alpha value is 0.190. The summed E-state index contributed by atoms with van der Waals surface area (Å²) < 4.78 is 1.03. The first kappa shape index (κ1) is 21.5. The van der Waals surface area contributed by atoms with Gasteiger partial charge in [0, 0.05) is 24.8 Å². The molecule has 114 valence electrons. The standard InChI is InChI=1S/C7H15NS2.C6H11BrO2/c1-4-8(5-2)7(9)10-6-3;7-5-3-1-2-4-6(8)9/h4-6H2,1-3H3;1-5H2,(H,8,9). The van der Waals surface area contributed by atoms with E-state index in [0.717, 1.165) is 47.8 Å². The summed E-state index contributed by atoms with van der Waals surface area (Å²) in [5.74, 6) is 0.388. The Morgan fingerprint density at radius 3 is 2.16 bits per heavy atom. The Morgan fingerprint density at radius 2 is 1.79 bits per heavy atom. The molecule has 3 nitrogen and oxygen atoms in total. The normalized spacial score (nSPS) is 9.47. The van der Waals surface area contributed by atoms with Crippen molar-refractivity contribution in [3.05, 3.63) is 0 Å². The Labute approximate surface area is 135 Å². The number of alkyl halides is 1. The second kappa shape index (κ2) is 16.2. The Kier molecular flexibility index (Phi) is 18.4. The molecule has 0 radical (unpaired) electrons. The molecule has 0 aliphatic rings. The lowest BCUT2D eigenvalue weighted by Gasteiger charge is -2.20. The van der Waals surface area contributed by atoms with E-state index in [4.69, 9.17) is 17.3 Å². The third kappa shape index (κ3) is 16.1. The van der Waals surface area contributed by atoms with Gasteiger partial charge in [0.05, 0.1) is 0 Å². The van der Waals surface area contributed by atoms with E-state index in [2.05, 4.69) is 41.6 Å². The maximum atomic E-state index is 9.95. The first-order valence-electron chi connectivity index (χ1n) is 6.72. The van der Waals surface area contributed by atoms with Gasteiger partial charge in [-0.15, -0.1) is 0 Å². The molecule has 0 unspecified atom stereocenters. The molecule has 1 N–H and O–H groups in total. The molecular formula is C13H26BrNO2S2. The van der Waals surface area contributed by atoms with Crippen molar-refractivity contribution in [1.29, 1.82) is 0 Å². The predicted molar refractivity (Wildman–Crippen MR) is 93.5 cm³/mol. The number of carboxylic acids is 1. The number of halogens is 1. The van der Waals surface area contributed by atoms with E-state index in [9.17, 15) is 4.79 Å². The van der Waals surface area contributed by atoms with Gasteiger partial charge in [-0.1, -0.05) is 53.3 Å². The van der Waals surface area contributed by atoms with E-state index in [1.54, 1.807) is 11.8 Å². The van der Waals surface area contributed by atoms with Gasteiger partial charge in [-0.05, 0) is 32.4 Å². The number of unbranched alkanes of at least 4 members (excludes halogenated alkanes) is 2. The topological polar surface area (TPSA) is 40.5 Å². The second-order valence-corrected chi connectivity index (χ2v) is 6.46. The Morgan fingerprint density at radius 1 is 1.21 bits per heavy atom. The lowest BCUT2D eigenvalue weighted by Crippen LogP contribution is -2.26. The van der Waals surface area contributed by atoms with Crippen LogP contribution < -0.4 is 0 Å². The molecule has 0 rings (SSSR count). The summed E-state index contributed by atoms with van der Waals surface area (Å²) in [5, 5.41) is 9.18. The maximum absolute atomic E-state index is 9.95. The van der Waals surface area contributed by atoms with E-state index in [-0.39, 0.29) is 0 Å². The molecule has 0 spiro atoms. The van der Waals surface area contributed by atoms with Crippen LogP contribution in [0.15, 0.2) is 0 Å². The van der Waals surface area contributed by atoms with Crippen LogP contribution in [0.1, 0.15) is 46.5 Å². The number of hydrogen-bond acceptors (Lipinski definition) is 3. The van der Waals surface area contributed by atoms with Gasteiger partial charge >= 0.3 is 5.97 Å². The number of aliphatic carboxylic acids is 1. The third-order valence-electron chi connectivity index (χ3n) is 2.31. The van der Waals surface area contributed by atoms with E-state index in [0.29, 0.717) is 6.42 Å². The van der Waals surface area contributed by atoms with Crippen LogP contribution in [0.25, 0.3) is 0 Å². The number of thioether (sulfide) groups is 1. The van der Waals surface area contributed by atoms with Gasteiger partial charge in [0.25, 0.3) is 0 Å². The van der Waals surface area contributed by atoms with Gasteiger partial charge in [-0.25, -0.2) is 0 Å². The van der Waals surface area contributed by atoms with Crippen molar-refractivity contribution in [1.82, 2.24) is 4.90 Å². The van der Waals surface area contributed by atoms with Gasteiger partial charge in [0.2, 0.25) is 0 Å². The van der Waals surface area contributed by atoms with Crippen molar-refractivity contribution in [3.63, 3.8) is 0 Å². The van der Waals surface area contributed by atoms with Crippen molar-refractivity contribution in [2.24, 2.45) is 0 Å². The van der Waals surface area contributed by atoms with Crippen LogP contribution in [0.3, 0.4) is 0 Å². The van der Waals surface area contributed by atoms with E-state index in [1.165, 1.54) is 0 Å². The average molecular weight is 372 g/mol. The number of rotatable bonds is 8. The molecule has 0 atom stereocenters. The molecule has 0 aliphatic heterocycles. The molecule has 19 heavy (non-hydrogen) atoms. The van der Waals surface area contributed by atoms with Gasteiger partial charge in [-0.2, -0.15) is 0 Å². The molecule has 0 fully saturated rings. The number of thiocarbonyl (C=S) groups is 1. The van der Waals surface area contributed by atoms with Gasteiger partial charge in [0.15, 0.2) is 0 Å². The largest absolute Gasteiger partial charge is 0.481 e. The zero-order valence-corrected chi connectivity index (χ0v) is 15.4. The predicted octanol–water partition coefficient (Wildman–Crippen LogP) is 4.39. The molecule has 0 heterocycles. The molecule has 0 aliphatic carbocycles. The van der Waals surface area contributed by atoms with E-state index < -0.39 is 5.97 Å². The quantitative estimate of drug-likeness (QED) is 0.389. The molecule has 0 saturated heterocycles. The van der Waals surface area contributed by atoms with Crippen LogP contribution in [0.2, 0.25) is 0 Å². The molecule has 0 aromatic rings. The maximum Gasteiger partial charge on any atom is 0.303 e. The number of hydrogen-bond donors (Lipinski definition) is 1. The van der Waals surface area contributed by atoms with Crippen LogP contribution in [-0.2, 0) is 4.79 Å². The fraction of sp³-hybridized carbons (Fsp3) is 0.846. The molecule has 0 saturated carbocycles. The Bertz CT molecular complexity index is 237. The van der Waals surface area contributed by atoms with Gasteiger partial charge in [0.1, 0.15) is 4.32 Å². The van der Waals surface area contributed by atoms with Crippen LogP contribution in [0.5, 0.6) is 0 Å². The van der Waals surface area contributed by atoms with Crippen LogP contribution in [0, 0.1) is 0 Å². The van der Waals surface area contributed by atoms with Crippen molar-refractivity contribution in [3.8, 4) is 0 Å². The van der Waals surface area contributed by atoms with Gasteiger partial charge < -0.3 is 10.0 Å². The van der Waals surface area contributed by atoms with E-state index in [1.807, 2.05) is 0 Å². The fourth-order valence-electron chi connectivity index (χ4n) is 1.24. The minimum absolute atomic E-state index is 0.312. The minimum Gasteiger partial charge on any atom is -0.481 e.